The van der Waals surface area contributed by atoms with Crippen LogP contribution < -0.4 is 11.1 Å². The third-order valence-corrected chi connectivity index (χ3v) is 3.15. The number of rotatable bonds is 7. The molecule has 0 aliphatic heterocycles. The largest absolute Gasteiger partial charge is 0.333 e. The van der Waals surface area contributed by atoms with Gasteiger partial charge in [0.05, 0.1) is 0 Å². The SMILES string of the molecule is CCN(CC)CCCNC1\C=C/C=C\C=C/C1.CN.[HH].[HH]. The van der Waals surface area contributed by atoms with E-state index in [-0.39, 0.29) is 2.85 Å². The normalized spacial score (nSPS) is 22.9. The van der Waals surface area contributed by atoms with Crippen LogP contribution in [-0.2, 0) is 0 Å². The van der Waals surface area contributed by atoms with E-state index in [9.17, 15) is 0 Å². The topological polar surface area (TPSA) is 41.3 Å². The molecule has 3 N–H and O–H groups in total. The van der Waals surface area contributed by atoms with Crippen molar-refractivity contribution in [3.05, 3.63) is 36.5 Å². The lowest BCUT2D eigenvalue weighted by Crippen LogP contribution is -2.31. The Morgan fingerprint density at radius 3 is 2.53 bits per heavy atom. The van der Waals surface area contributed by atoms with E-state index in [1.165, 1.54) is 20.0 Å². The van der Waals surface area contributed by atoms with Gasteiger partial charge in [0.25, 0.3) is 0 Å². The van der Waals surface area contributed by atoms with Gasteiger partial charge in [0.1, 0.15) is 0 Å². The van der Waals surface area contributed by atoms with Gasteiger partial charge >= 0.3 is 0 Å². The van der Waals surface area contributed by atoms with Crippen molar-refractivity contribution in [2.75, 3.05) is 33.2 Å². The van der Waals surface area contributed by atoms with Crippen LogP contribution in [0.1, 0.15) is 29.5 Å². The molecule has 1 aliphatic carbocycles. The summed E-state index contributed by atoms with van der Waals surface area (Å²) in [7, 11) is 1.50. The molecular formula is C16H35N3. The van der Waals surface area contributed by atoms with Crippen molar-refractivity contribution in [3.63, 3.8) is 0 Å². The fourth-order valence-electron chi connectivity index (χ4n) is 1.99. The summed E-state index contributed by atoms with van der Waals surface area (Å²) in [6, 6.07) is 0.493. The van der Waals surface area contributed by atoms with Gasteiger partial charge in [-0.25, -0.2) is 0 Å². The molecule has 19 heavy (non-hydrogen) atoms. The Morgan fingerprint density at radius 2 is 1.84 bits per heavy atom. The van der Waals surface area contributed by atoms with Gasteiger partial charge in [-0.05, 0) is 46.1 Å². The predicted octanol–water partition coefficient (Wildman–Crippen LogP) is 2.82. The van der Waals surface area contributed by atoms with Crippen LogP contribution >= 0.6 is 0 Å². The van der Waals surface area contributed by atoms with Crippen LogP contribution in [0.15, 0.2) is 36.5 Å². The fraction of sp³-hybridized carbons (Fsp3) is 0.625. The summed E-state index contributed by atoms with van der Waals surface area (Å²) < 4.78 is 0. The Balaban J connectivity index is -0.000000774. The van der Waals surface area contributed by atoms with Crippen LogP contribution in [0.3, 0.4) is 0 Å². The van der Waals surface area contributed by atoms with Crippen LogP contribution in [0, 0.1) is 0 Å². The van der Waals surface area contributed by atoms with Gasteiger partial charge in [-0.1, -0.05) is 50.3 Å². The molecule has 0 aromatic rings. The van der Waals surface area contributed by atoms with E-state index in [1.54, 1.807) is 0 Å². The second kappa shape index (κ2) is 13.5. The Hall–Kier alpha value is -0.900. The van der Waals surface area contributed by atoms with Crippen LogP contribution in [0.5, 0.6) is 0 Å². The summed E-state index contributed by atoms with van der Waals surface area (Å²) in [6.07, 6.45) is 15.2. The van der Waals surface area contributed by atoms with Gasteiger partial charge in [-0.3, -0.25) is 0 Å². The molecule has 0 spiro atoms. The lowest BCUT2D eigenvalue weighted by Gasteiger charge is -2.19. The molecule has 0 aromatic carbocycles. The third kappa shape index (κ3) is 9.65. The van der Waals surface area contributed by atoms with Crippen LogP contribution in [0.25, 0.3) is 0 Å². The number of nitrogens with one attached hydrogen (secondary N) is 1. The highest BCUT2D eigenvalue weighted by Gasteiger charge is 2.02. The second-order valence-electron chi connectivity index (χ2n) is 4.37. The fourth-order valence-corrected chi connectivity index (χ4v) is 1.99. The zero-order valence-electron chi connectivity index (χ0n) is 12.8. The number of nitrogens with zero attached hydrogens (tertiary/aromatic N) is 1. The van der Waals surface area contributed by atoms with E-state index < -0.39 is 0 Å². The molecule has 1 unspecified atom stereocenters. The maximum Gasteiger partial charge on any atom is 0.0287 e. The van der Waals surface area contributed by atoms with Crippen molar-refractivity contribution in [3.8, 4) is 0 Å². The number of allylic oxidation sites excluding steroid dienone is 4. The van der Waals surface area contributed by atoms with Gasteiger partial charge in [-0.15, -0.1) is 0 Å². The summed E-state index contributed by atoms with van der Waals surface area (Å²) in [4.78, 5) is 2.47. The molecule has 1 aliphatic rings. The van der Waals surface area contributed by atoms with E-state index in [1.807, 2.05) is 0 Å². The number of hydrogen-bond donors (Lipinski definition) is 2. The molecule has 3 heteroatoms. The van der Waals surface area contributed by atoms with E-state index in [0.717, 1.165) is 26.1 Å². The number of nitrogens with two attached hydrogens (primary N) is 1. The quantitative estimate of drug-likeness (QED) is 0.698. The summed E-state index contributed by atoms with van der Waals surface area (Å²) in [5.41, 5.74) is 4.50. The van der Waals surface area contributed by atoms with Crippen molar-refractivity contribution in [1.29, 1.82) is 0 Å². The van der Waals surface area contributed by atoms with Crippen molar-refractivity contribution in [1.82, 2.24) is 10.2 Å². The summed E-state index contributed by atoms with van der Waals surface area (Å²) in [5, 5.41) is 3.59. The zero-order chi connectivity index (χ0) is 14.3. The highest BCUT2D eigenvalue weighted by Crippen LogP contribution is 2.00. The third-order valence-electron chi connectivity index (χ3n) is 3.15. The average Bonchev–Trinajstić information content (AvgIpc) is 2.43. The van der Waals surface area contributed by atoms with E-state index >= 15 is 0 Å². The monoisotopic (exact) mass is 269 g/mol. The summed E-state index contributed by atoms with van der Waals surface area (Å²) in [5.74, 6) is 0. The lowest BCUT2D eigenvalue weighted by atomic mass is 10.1. The maximum absolute atomic E-state index is 4.50. The minimum absolute atomic E-state index is 0. The van der Waals surface area contributed by atoms with Gasteiger partial charge in [0.15, 0.2) is 0 Å². The first-order chi connectivity index (χ1) is 9.36. The van der Waals surface area contributed by atoms with Crippen molar-refractivity contribution < 1.29 is 2.85 Å². The smallest absolute Gasteiger partial charge is 0.0287 e. The molecular weight excluding hydrogens is 234 g/mol. The Labute approximate surface area is 122 Å². The lowest BCUT2D eigenvalue weighted by molar-refractivity contribution is 0.297. The molecule has 0 saturated carbocycles. The molecule has 0 bridgehead atoms. The first kappa shape index (κ1) is 18.1. The molecule has 1 rings (SSSR count). The Bertz CT molecular complexity index is 275. The van der Waals surface area contributed by atoms with Gasteiger partial charge < -0.3 is 16.0 Å². The molecule has 1 atom stereocenters. The highest BCUT2D eigenvalue weighted by atomic mass is 15.1. The summed E-state index contributed by atoms with van der Waals surface area (Å²) >= 11 is 0. The average molecular weight is 269 g/mol. The van der Waals surface area contributed by atoms with Gasteiger partial charge in [0, 0.05) is 8.90 Å². The molecule has 0 saturated heterocycles. The molecule has 0 heterocycles. The standard InChI is InChI=1S/C15H26N2.CH5N.2H2/c1-3-17(4-2)14-10-13-16-15-11-8-6-5-7-9-12-15;1-2;;/h5-9,11,15-16H,3-4,10,12-14H2,1-2H3;2H2,1H3;2*1H/b6-5-,9-7-,11-8-;;;. The predicted molar refractivity (Wildman–Crippen MR) is 90.6 cm³/mol. The molecule has 0 aromatic heterocycles. The van der Waals surface area contributed by atoms with Gasteiger partial charge in [-0.2, -0.15) is 0 Å². The summed E-state index contributed by atoms with van der Waals surface area (Å²) in [6.45, 7) is 9.08. The molecule has 3 nitrogen and oxygen atoms in total. The second-order valence-corrected chi connectivity index (χ2v) is 4.37. The van der Waals surface area contributed by atoms with Crippen molar-refractivity contribution in [2.45, 2.75) is 32.7 Å². The molecule has 0 radical (unpaired) electrons. The first-order valence-corrected chi connectivity index (χ1v) is 7.40. The van der Waals surface area contributed by atoms with E-state index in [2.05, 4.69) is 66.3 Å². The zero-order valence-corrected chi connectivity index (χ0v) is 12.8. The minimum Gasteiger partial charge on any atom is -0.333 e. The maximum atomic E-state index is 4.50. The van der Waals surface area contributed by atoms with Crippen LogP contribution in [0.4, 0.5) is 0 Å². The Morgan fingerprint density at radius 1 is 1.16 bits per heavy atom. The Kier molecular flexibility index (Phi) is 12.9. The van der Waals surface area contributed by atoms with E-state index in [4.69, 9.17) is 0 Å². The first-order valence-electron chi connectivity index (χ1n) is 7.40. The van der Waals surface area contributed by atoms with Crippen molar-refractivity contribution in [2.24, 2.45) is 5.73 Å². The van der Waals surface area contributed by atoms with Gasteiger partial charge in [0.2, 0.25) is 0 Å². The van der Waals surface area contributed by atoms with Crippen molar-refractivity contribution >= 4 is 0 Å². The van der Waals surface area contributed by atoms with Crippen LogP contribution in [0.2, 0.25) is 0 Å². The molecule has 0 fully saturated rings. The minimum atomic E-state index is 0. The molecule has 0 amide bonds. The highest BCUT2D eigenvalue weighted by molar-refractivity contribution is 5.16. The van der Waals surface area contributed by atoms with Crippen LogP contribution in [-0.4, -0.2) is 44.2 Å². The number of hydrogen-bond acceptors (Lipinski definition) is 3. The van der Waals surface area contributed by atoms with E-state index in [0.29, 0.717) is 6.04 Å². The molecule has 114 valence electrons.